The molecule has 3 unspecified atom stereocenters. The highest BCUT2D eigenvalue weighted by Gasteiger charge is 2.36. The van der Waals surface area contributed by atoms with Crippen molar-refractivity contribution in [1.29, 1.82) is 0 Å². The van der Waals surface area contributed by atoms with Gasteiger partial charge in [0.2, 0.25) is 5.91 Å². The van der Waals surface area contributed by atoms with Crippen molar-refractivity contribution in [3.63, 3.8) is 0 Å². The Morgan fingerprint density at radius 3 is 3.00 bits per heavy atom. The summed E-state index contributed by atoms with van der Waals surface area (Å²) in [7, 11) is 0. The Bertz CT molecular complexity index is 1030. The molecule has 0 bridgehead atoms. The average Bonchev–Trinajstić information content (AvgIpc) is 3.12. The minimum atomic E-state index is 0.0243. The molecule has 1 amide bonds. The van der Waals surface area contributed by atoms with E-state index in [1.165, 1.54) is 6.42 Å². The second kappa shape index (κ2) is 6.93. The first-order valence-electron chi connectivity index (χ1n) is 10.1. The number of amides is 1. The van der Waals surface area contributed by atoms with Gasteiger partial charge in [-0.25, -0.2) is 0 Å². The van der Waals surface area contributed by atoms with E-state index in [1.807, 2.05) is 45.8 Å². The lowest BCUT2D eigenvalue weighted by molar-refractivity contribution is -0.127. The molecule has 1 aliphatic carbocycles. The van der Waals surface area contributed by atoms with Crippen molar-refractivity contribution < 1.29 is 9.21 Å². The molecule has 0 radical (unpaired) electrons. The molecule has 6 nitrogen and oxygen atoms in total. The van der Waals surface area contributed by atoms with E-state index in [9.17, 15) is 4.79 Å². The number of nitrogens with zero attached hydrogens (tertiary/aromatic N) is 4. The Balaban J connectivity index is 1.27. The van der Waals surface area contributed by atoms with Crippen molar-refractivity contribution in [3.05, 3.63) is 59.9 Å². The quantitative estimate of drug-likeness (QED) is 0.649. The first-order valence-corrected chi connectivity index (χ1v) is 10.1. The number of fused-ring (bicyclic) bond motifs is 1. The molecule has 1 saturated carbocycles. The van der Waals surface area contributed by atoms with Crippen molar-refractivity contribution >= 4 is 17.6 Å². The summed E-state index contributed by atoms with van der Waals surface area (Å²) in [5.41, 5.74) is 0.847. The maximum Gasteiger partial charge on any atom is 0.246 e. The zero-order valence-electron chi connectivity index (χ0n) is 16.0. The fraction of sp³-hybridized carbons (Fsp3) is 0.409. The van der Waals surface area contributed by atoms with Gasteiger partial charge in [-0.1, -0.05) is 13.0 Å². The minimum absolute atomic E-state index is 0.0243. The van der Waals surface area contributed by atoms with Crippen LogP contribution in [0.25, 0.3) is 11.7 Å². The lowest BCUT2D eigenvalue weighted by atomic mass is 9.97. The van der Waals surface area contributed by atoms with Crippen LogP contribution in [0.2, 0.25) is 0 Å². The smallest absolute Gasteiger partial charge is 0.246 e. The molecule has 3 atom stereocenters. The van der Waals surface area contributed by atoms with Crippen LogP contribution in [-0.2, 0) is 4.79 Å². The molecule has 2 fully saturated rings. The van der Waals surface area contributed by atoms with Gasteiger partial charge >= 0.3 is 0 Å². The van der Waals surface area contributed by atoms with E-state index in [4.69, 9.17) is 4.42 Å². The average molecular weight is 376 g/mol. The Morgan fingerprint density at radius 2 is 2.14 bits per heavy atom. The maximum atomic E-state index is 12.7. The van der Waals surface area contributed by atoms with E-state index in [0.29, 0.717) is 18.4 Å². The van der Waals surface area contributed by atoms with Crippen molar-refractivity contribution in [1.82, 2.24) is 19.5 Å². The molecule has 0 N–H and O–H groups in total. The van der Waals surface area contributed by atoms with Crippen molar-refractivity contribution in [2.24, 2.45) is 5.92 Å². The number of hydrogen-bond acceptors (Lipinski definition) is 4. The van der Waals surface area contributed by atoms with Crippen LogP contribution in [0, 0.1) is 5.92 Å². The summed E-state index contributed by atoms with van der Waals surface area (Å²) in [5, 5.41) is 8.63. The van der Waals surface area contributed by atoms with Crippen LogP contribution in [0.5, 0.6) is 0 Å². The van der Waals surface area contributed by atoms with Crippen LogP contribution in [0.15, 0.2) is 47.0 Å². The van der Waals surface area contributed by atoms with Gasteiger partial charge in [0.25, 0.3) is 0 Å². The number of hydrogen-bond donors (Lipinski definition) is 0. The summed E-state index contributed by atoms with van der Waals surface area (Å²) in [6, 6.07) is 9.87. The number of carbonyl (C=O) groups excluding carboxylic acids is 1. The lowest BCUT2D eigenvalue weighted by Gasteiger charge is -2.31. The first kappa shape index (κ1) is 17.2. The van der Waals surface area contributed by atoms with Gasteiger partial charge in [-0.05, 0) is 55.5 Å². The molecule has 28 heavy (non-hydrogen) atoms. The number of pyridine rings is 1. The van der Waals surface area contributed by atoms with Crippen molar-refractivity contribution in [2.75, 3.05) is 13.1 Å². The number of piperidine rings is 1. The van der Waals surface area contributed by atoms with Crippen molar-refractivity contribution in [2.45, 2.75) is 38.0 Å². The van der Waals surface area contributed by atoms with Crippen LogP contribution in [0.4, 0.5) is 0 Å². The topological polar surface area (TPSA) is 63.6 Å². The summed E-state index contributed by atoms with van der Waals surface area (Å²) in [4.78, 5) is 14.6. The standard InChI is InChI=1S/C22H24N4O2/c1-15-13-18(15)19-9-7-17(28-19)8-10-21(27)25-11-4-5-16(14-25)22-24-23-20-6-2-3-12-26(20)22/h2-3,6-10,12,15-16,18H,4-5,11,13-14H2,1H3/b10-8+. The second-order valence-corrected chi connectivity index (χ2v) is 8.00. The fourth-order valence-corrected chi connectivity index (χ4v) is 4.16. The number of likely N-dealkylation sites (tertiary alicyclic amines) is 1. The molecule has 5 rings (SSSR count). The molecule has 1 aliphatic heterocycles. The molecule has 4 heterocycles. The molecule has 2 aliphatic rings. The number of aromatic nitrogens is 3. The van der Waals surface area contributed by atoms with E-state index >= 15 is 0 Å². The third kappa shape index (κ3) is 3.23. The van der Waals surface area contributed by atoms with Gasteiger partial charge in [0.05, 0.1) is 0 Å². The first-order chi connectivity index (χ1) is 13.7. The third-order valence-electron chi connectivity index (χ3n) is 5.95. The third-order valence-corrected chi connectivity index (χ3v) is 5.95. The molecule has 3 aromatic rings. The van der Waals surface area contributed by atoms with Crippen LogP contribution in [-0.4, -0.2) is 38.5 Å². The maximum absolute atomic E-state index is 12.7. The number of carbonyl (C=O) groups is 1. The predicted molar refractivity (Wildman–Crippen MR) is 106 cm³/mol. The van der Waals surface area contributed by atoms with Crippen LogP contribution < -0.4 is 0 Å². The van der Waals surface area contributed by atoms with Crippen LogP contribution in [0.3, 0.4) is 0 Å². The van der Waals surface area contributed by atoms with Gasteiger partial charge in [-0.15, -0.1) is 10.2 Å². The Labute approximate surface area is 163 Å². The summed E-state index contributed by atoms with van der Waals surface area (Å²) in [6.45, 7) is 3.68. The summed E-state index contributed by atoms with van der Waals surface area (Å²) >= 11 is 0. The Kier molecular flexibility index (Phi) is 4.26. The summed E-state index contributed by atoms with van der Waals surface area (Å²) in [6.07, 6.45) is 8.58. The molecule has 0 aromatic carbocycles. The Hall–Kier alpha value is -2.89. The van der Waals surface area contributed by atoms with Crippen molar-refractivity contribution in [3.8, 4) is 0 Å². The molecule has 6 heteroatoms. The van der Waals surface area contributed by atoms with Crippen LogP contribution >= 0.6 is 0 Å². The normalized spacial score (nSPS) is 24.9. The van der Waals surface area contributed by atoms with Gasteiger partial charge in [-0.3, -0.25) is 9.20 Å². The van der Waals surface area contributed by atoms with Gasteiger partial charge in [0.1, 0.15) is 17.3 Å². The highest BCUT2D eigenvalue weighted by molar-refractivity contribution is 5.91. The fourth-order valence-electron chi connectivity index (χ4n) is 4.16. The number of rotatable bonds is 4. The highest BCUT2D eigenvalue weighted by Crippen LogP contribution is 2.47. The lowest BCUT2D eigenvalue weighted by Crippen LogP contribution is -2.38. The monoisotopic (exact) mass is 376 g/mol. The highest BCUT2D eigenvalue weighted by atomic mass is 16.3. The molecule has 3 aromatic heterocycles. The predicted octanol–water partition coefficient (Wildman–Crippen LogP) is 3.87. The zero-order valence-corrected chi connectivity index (χ0v) is 16.0. The molecule has 1 saturated heterocycles. The van der Waals surface area contributed by atoms with E-state index in [2.05, 4.69) is 17.1 Å². The van der Waals surface area contributed by atoms with E-state index in [1.54, 1.807) is 12.2 Å². The minimum Gasteiger partial charge on any atom is -0.461 e. The van der Waals surface area contributed by atoms with E-state index < -0.39 is 0 Å². The second-order valence-electron chi connectivity index (χ2n) is 8.00. The molecular weight excluding hydrogens is 352 g/mol. The van der Waals surface area contributed by atoms with E-state index in [-0.39, 0.29) is 11.8 Å². The SMILES string of the molecule is CC1CC1c1ccc(/C=C/C(=O)N2CCCC(c3nnc4ccccn34)C2)o1. The van der Waals surface area contributed by atoms with Gasteiger partial charge in [-0.2, -0.15) is 0 Å². The van der Waals surface area contributed by atoms with E-state index in [0.717, 1.165) is 42.4 Å². The summed E-state index contributed by atoms with van der Waals surface area (Å²) < 4.78 is 7.89. The molecular formula is C22H24N4O2. The molecule has 0 spiro atoms. The van der Waals surface area contributed by atoms with Gasteiger partial charge in [0.15, 0.2) is 5.65 Å². The van der Waals surface area contributed by atoms with Gasteiger partial charge in [0, 0.05) is 37.2 Å². The van der Waals surface area contributed by atoms with Crippen LogP contribution in [0.1, 0.15) is 55.4 Å². The zero-order chi connectivity index (χ0) is 19.1. The summed E-state index contributed by atoms with van der Waals surface area (Å²) in [5.74, 6) is 4.22. The largest absolute Gasteiger partial charge is 0.461 e. The van der Waals surface area contributed by atoms with Gasteiger partial charge < -0.3 is 9.32 Å². The Morgan fingerprint density at radius 1 is 1.25 bits per heavy atom. The molecule has 144 valence electrons. The number of furan rings is 1.